The Labute approximate surface area is 128 Å². The Bertz CT molecular complexity index is 658. The number of aromatic nitrogens is 2. The topological polar surface area (TPSA) is 123 Å². The Morgan fingerprint density at radius 2 is 1.81 bits per heavy atom. The molecule has 4 N–H and O–H groups in total. The summed E-state index contributed by atoms with van der Waals surface area (Å²) in [4.78, 5) is 23.5. The molecule has 1 heterocycles. The van der Waals surface area contributed by atoms with Crippen molar-refractivity contribution >= 4 is 33.6 Å². The highest BCUT2D eigenvalue weighted by Crippen LogP contribution is 2.15. The zero-order valence-electron chi connectivity index (χ0n) is 10.8. The van der Waals surface area contributed by atoms with Gasteiger partial charge in [-0.1, -0.05) is 12.1 Å². The summed E-state index contributed by atoms with van der Waals surface area (Å²) in [6, 6.07) is 7.05. The van der Waals surface area contributed by atoms with Crippen LogP contribution in [0.5, 0.6) is 0 Å². The number of amides is 2. The minimum absolute atomic E-state index is 0.0767. The highest BCUT2D eigenvalue weighted by atomic mass is 79.9. The summed E-state index contributed by atoms with van der Waals surface area (Å²) in [5.41, 5.74) is 5.83. The molecule has 0 bridgehead atoms. The number of carbonyl (C=O) groups is 2. The summed E-state index contributed by atoms with van der Waals surface area (Å²) in [6.45, 7) is 0.485. The van der Waals surface area contributed by atoms with Crippen molar-refractivity contribution < 1.29 is 14.2 Å². The first-order chi connectivity index (χ1) is 10.1. The Hall–Kier alpha value is -2.42. The predicted molar refractivity (Wildman–Crippen MR) is 77.5 cm³/mol. The normalized spacial score (nSPS) is 10.1. The molecular formula is C12H12BrN5O3. The number of nitrogens with zero attached hydrogens (tertiary/aromatic N) is 2. The molecule has 1 aromatic heterocycles. The molecule has 2 amide bonds. The van der Waals surface area contributed by atoms with E-state index in [1.54, 1.807) is 18.2 Å². The maximum atomic E-state index is 11.9. The van der Waals surface area contributed by atoms with Gasteiger partial charge in [0.05, 0.1) is 5.56 Å². The number of nitrogen functional groups attached to an aromatic ring is 1. The van der Waals surface area contributed by atoms with E-state index in [0.29, 0.717) is 10.0 Å². The molecule has 110 valence electrons. The second-order valence-electron chi connectivity index (χ2n) is 3.99. The van der Waals surface area contributed by atoms with Crippen LogP contribution in [0.3, 0.4) is 0 Å². The molecule has 8 nitrogen and oxygen atoms in total. The van der Waals surface area contributed by atoms with Crippen LogP contribution in [0.2, 0.25) is 0 Å². The first-order valence-electron chi connectivity index (χ1n) is 5.98. The number of rotatable bonds is 5. The van der Waals surface area contributed by atoms with Crippen molar-refractivity contribution in [2.45, 2.75) is 0 Å². The van der Waals surface area contributed by atoms with E-state index in [4.69, 9.17) is 5.73 Å². The average Bonchev–Trinajstić information content (AvgIpc) is 2.90. The minimum atomic E-state index is -0.510. The number of carbonyl (C=O) groups excluding carboxylic acids is 2. The summed E-state index contributed by atoms with van der Waals surface area (Å²) in [6.07, 6.45) is 0. The lowest BCUT2D eigenvalue weighted by molar-refractivity contribution is 0.0922. The zero-order chi connectivity index (χ0) is 15.2. The fourth-order valence-corrected chi connectivity index (χ4v) is 1.99. The molecular weight excluding hydrogens is 342 g/mol. The Morgan fingerprint density at radius 3 is 2.43 bits per heavy atom. The van der Waals surface area contributed by atoms with Crippen molar-refractivity contribution in [1.82, 2.24) is 20.9 Å². The molecule has 0 aliphatic carbocycles. The number of nitrogens with one attached hydrogen (secondary N) is 2. The summed E-state index contributed by atoms with van der Waals surface area (Å²) < 4.78 is 5.02. The van der Waals surface area contributed by atoms with Crippen molar-refractivity contribution in [1.29, 1.82) is 0 Å². The van der Waals surface area contributed by atoms with Crippen molar-refractivity contribution in [2.24, 2.45) is 0 Å². The van der Waals surface area contributed by atoms with Crippen LogP contribution < -0.4 is 16.4 Å². The number of benzene rings is 1. The molecule has 1 aromatic carbocycles. The van der Waals surface area contributed by atoms with E-state index >= 15 is 0 Å². The summed E-state index contributed by atoms with van der Waals surface area (Å²) >= 11 is 3.29. The van der Waals surface area contributed by atoms with E-state index < -0.39 is 5.91 Å². The highest BCUT2D eigenvalue weighted by Gasteiger charge is 2.15. The van der Waals surface area contributed by atoms with Crippen LogP contribution in [-0.4, -0.2) is 35.2 Å². The lowest BCUT2D eigenvalue weighted by Gasteiger charge is -2.07. The van der Waals surface area contributed by atoms with E-state index in [1.807, 2.05) is 6.07 Å². The fourth-order valence-electron chi connectivity index (χ4n) is 1.53. The van der Waals surface area contributed by atoms with Gasteiger partial charge in [0, 0.05) is 17.6 Å². The van der Waals surface area contributed by atoms with Gasteiger partial charge in [0.15, 0.2) is 0 Å². The third-order valence-electron chi connectivity index (χ3n) is 2.54. The van der Waals surface area contributed by atoms with Crippen molar-refractivity contribution in [3.8, 4) is 0 Å². The third-order valence-corrected chi connectivity index (χ3v) is 3.24. The number of halogens is 1. The Balaban J connectivity index is 1.78. The van der Waals surface area contributed by atoms with Crippen molar-refractivity contribution in [2.75, 3.05) is 18.8 Å². The Morgan fingerprint density at radius 1 is 1.14 bits per heavy atom. The van der Waals surface area contributed by atoms with Gasteiger partial charge in [-0.3, -0.25) is 9.59 Å². The van der Waals surface area contributed by atoms with E-state index in [9.17, 15) is 9.59 Å². The number of nitrogens with two attached hydrogens (primary N) is 1. The number of hydrogen-bond acceptors (Lipinski definition) is 6. The first kappa shape index (κ1) is 15.0. The van der Waals surface area contributed by atoms with Gasteiger partial charge in [0.25, 0.3) is 11.8 Å². The van der Waals surface area contributed by atoms with Crippen LogP contribution in [-0.2, 0) is 0 Å². The molecule has 0 saturated carbocycles. The molecule has 0 radical (unpaired) electrons. The van der Waals surface area contributed by atoms with Crippen LogP contribution in [0.25, 0.3) is 0 Å². The highest BCUT2D eigenvalue weighted by molar-refractivity contribution is 9.10. The van der Waals surface area contributed by atoms with Gasteiger partial charge >= 0.3 is 0 Å². The lowest BCUT2D eigenvalue weighted by Crippen LogP contribution is -2.35. The Kier molecular flexibility index (Phi) is 4.88. The predicted octanol–water partition coefficient (Wildman–Crippen LogP) is 0.574. The van der Waals surface area contributed by atoms with Crippen molar-refractivity contribution in [3.05, 3.63) is 40.0 Å². The molecule has 9 heteroatoms. The first-order valence-corrected chi connectivity index (χ1v) is 6.78. The number of hydrogen-bond donors (Lipinski definition) is 3. The summed E-state index contributed by atoms with van der Waals surface area (Å²) in [5, 5.41) is 11.9. The molecule has 0 saturated heterocycles. The second-order valence-corrected chi connectivity index (χ2v) is 4.84. The molecule has 2 rings (SSSR count). The monoisotopic (exact) mass is 353 g/mol. The van der Waals surface area contributed by atoms with Gasteiger partial charge in [-0.2, -0.15) is 0 Å². The van der Waals surface area contributed by atoms with E-state index in [2.05, 4.69) is 41.5 Å². The quantitative estimate of drug-likeness (QED) is 0.675. The molecule has 0 atom stereocenters. The maximum Gasteiger partial charge on any atom is 0.277 e. The fraction of sp³-hybridized carbons (Fsp3) is 0.167. The maximum absolute atomic E-state index is 11.9. The number of anilines is 1. The SMILES string of the molecule is Nc1nonc1C(=O)NCCNC(=O)c1ccccc1Br. The largest absolute Gasteiger partial charge is 0.379 e. The average molecular weight is 354 g/mol. The molecule has 0 fully saturated rings. The smallest absolute Gasteiger partial charge is 0.277 e. The van der Waals surface area contributed by atoms with Crippen LogP contribution in [0.1, 0.15) is 20.8 Å². The summed E-state index contributed by atoms with van der Waals surface area (Å²) in [7, 11) is 0. The standard InChI is InChI=1S/C12H12BrN5O3/c13-8-4-2-1-3-7(8)11(19)15-5-6-16-12(20)9-10(14)18-21-17-9/h1-4H,5-6H2,(H2,14,18)(H,15,19)(H,16,20). The summed E-state index contributed by atoms with van der Waals surface area (Å²) in [5.74, 6) is -0.826. The third kappa shape index (κ3) is 3.78. The molecule has 2 aromatic rings. The zero-order valence-corrected chi connectivity index (χ0v) is 12.4. The van der Waals surface area contributed by atoms with Gasteiger partial charge in [-0.05, 0) is 38.4 Å². The van der Waals surface area contributed by atoms with Crippen LogP contribution in [0, 0.1) is 0 Å². The van der Waals surface area contributed by atoms with Crippen molar-refractivity contribution in [3.63, 3.8) is 0 Å². The van der Waals surface area contributed by atoms with Crippen LogP contribution in [0.4, 0.5) is 5.82 Å². The minimum Gasteiger partial charge on any atom is -0.379 e. The molecule has 21 heavy (non-hydrogen) atoms. The molecule has 0 spiro atoms. The van der Waals surface area contributed by atoms with Crippen LogP contribution >= 0.6 is 15.9 Å². The van der Waals surface area contributed by atoms with E-state index in [-0.39, 0.29) is 30.5 Å². The van der Waals surface area contributed by atoms with Gasteiger partial charge in [0.2, 0.25) is 11.5 Å². The van der Waals surface area contributed by atoms with Crippen LogP contribution in [0.15, 0.2) is 33.4 Å². The van der Waals surface area contributed by atoms with Gasteiger partial charge in [-0.15, -0.1) is 0 Å². The van der Waals surface area contributed by atoms with Gasteiger partial charge < -0.3 is 16.4 Å². The molecule has 0 aliphatic rings. The molecule has 0 unspecified atom stereocenters. The molecule has 0 aliphatic heterocycles. The van der Waals surface area contributed by atoms with Gasteiger partial charge in [-0.25, -0.2) is 4.63 Å². The lowest BCUT2D eigenvalue weighted by atomic mass is 10.2. The van der Waals surface area contributed by atoms with E-state index in [1.165, 1.54) is 0 Å². The second kappa shape index (κ2) is 6.84. The van der Waals surface area contributed by atoms with E-state index in [0.717, 1.165) is 0 Å². The van der Waals surface area contributed by atoms with Gasteiger partial charge in [0.1, 0.15) is 0 Å².